The molecule has 4 rings (SSSR count). The van der Waals surface area contributed by atoms with Crippen LogP contribution < -0.4 is 10.6 Å². The van der Waals surface area contributed by atoms with Crippen LogP contribution in [0.4, 0.5) is 21.6 Å². The number of amides is 1. The van der Waals surface area contributed by atoms with E-state index in [1.807, 2.05) is 6.92 Å². The molecule has 9 heteroatoms. The molecule has 28 heavy (non-hydrogen) atoms. The zero-order chi connectivity index (χ0) is 19.7. The van der Waals surface area contributed by atoms with E-state index in [9.17, 15) is 9.18 Å². The zero-order valence-electron chi connectivity index (χ0n) is 14.6. The van der Waals surface area contributed by atoms with Gasteiger partial charge in [0.1, 0.15) is 17.7 Å². The van der Waals surface area contributed by atoms with Crippen LogP contribution in [0.3, 0.4) is 0 Å². The Morgan fingerprint density at radius 2 is 2.00 bits per heavy atom. The van der Waals surface area contributed by atoms with E-state index in [1.54, 1.807) is 24.3 Å². The molecule has 0 fully saturated rings. The third-order valence-corrected chi connectivity index (χ3v) is 5.01. The fraction of sp³-hybridized carbons (Fsp3) is 0.0526. The largest absolute Gasteiger partial charge is 0.340 e. The van der Waals surface area contributed by atoms with Crippen LogP contribution in [0.1, 0.15) is 15.9 Å². The van der Waals surface area contributed by atoms with E-state index in [0.717, 1.165) is 10.0 Å². The summed E-state index contributed by atoms with van der Waals surface area (Å²) in [6.45, 7) is 1.89. The van der Waals surface area contributed by atoms with Gasteiger partial charge in [-0.25, -0.2) is 19.3 Å². The topological polar surface area (TPSA) is 95.6 Å². The minimum Gasteiger partial charge on any atom is -0.340 e. The lowest BCUT2D eigenvalue weighted by molar-refractivity contribution is 0.102. The Morgan fingerprint density at radius 1 is 1.14 bits per heavy atom. The maximum Gasteiger partial charge on any atom is 0.255 e. The van der Waals surface area contributed by atoms with Gasteiger partial charge in [-0.05, 0) is 48.9 Å². The van der Waals surface area contributed by atoms with Crippen LogP contribution in [-0.2, 0) is 0 Å². The van der Waals surface area contributed by atoms with Crippen LogP contribution >= 0.6 is 15.9 Å². The summed E-state index contributed by atoms with van der Waals surface area (Å²) in [6.07, 6.45) is 2.83. The number of H-pyrrole nitrogens is 1. The Morgan fingerprint density at radius 3 is 2.79 bits per heavy atom. The number of nitrogens with one attached hydrogen (secondary N) is 3. The molecule has 2 heterocycles. The number of fused-ring (bicyclic) bond motifs is 1. The zero-order valence-corrected chi connectivity index (χ0v) is 16.2. The van der Waals surface area contributed by atoms with E-state index in [1.165, 1.54) is 24.8 Å². The monoisotopic (exact) mass is 440 g/mol. The Bertz CT molecular complexity index is 1190. The number of hydrogen-bond donors (Lipinski definition) is 3. The first kappa shape index (κ1) is 18.1. The molecule has 0 unspecified atom stereocenters. The standard InChI is InChI=1S/C19H14BrFN6O/c1-10-6-11(2-4-13(10)20)19(28)26-12-3-5-15(14(21)7-12)27-18-16-17(23-8-22-16)24-9-25-18/h2-9H,1H3,(H,26,28)(H2,22,23,24,25,27). The second-order valence-corrected chi connectivity index (χ2v) is 6.92. The van der Waals surface area contributed by atoms with E-state index < -0.39 is 5.82 Å². The van der Waals surface area contributed by atoms with Crippen LogP contribution in [0.2, 0.25) is 0 Å². The van der Waals surface area contributed by atoms with Crippen molar-refractivity contribution in [2.45, 2.75) is 6.92 Å². The molecular formula is C19H14BrFN6O. The highest BCUT2D eigenvalue weighted by atomic mass is 79.9. The molecule has 4 aromatic rings. The van der Waals surface area contributed by atoms with Crippen LogP contribution in [0.25, 0.3) is 11.2 Å². The van der Waals surface area contributed by atoms with Gasteiger partial charge in [0, 0.05) is 15.7 Å². The molecule has 0 saturated carbocycles. The van der Waals surface area contributed by atoms with E-state index in [4.69, 9.17) is 0 Å². The summed E-state index contributed by atoms with van der Waals surface area (Å²) in [4.78, 5) is 27.5. The Hall–Kier alpha value is -3.33. The summed E-state index contributed by atoms with van der Waals surface area (Å²) < 4.78 is 15.5. The number of carbonyl (C=O) groups is 1. The van der Waals surface area contributed by atoms with Crippen LogP contribution in [0.15, 0.2) is 53.5 Å². The van der Waals surface area contributed by atoms with Crippen LogP contribution in [0.5, 0.6) is 0 Å². The molecular weight excluding hydrogens is 427 g/mol. The molecule has 0 aliphatic heterocycles. The molecule has 3 N–H and O–H groups in total. The third-order valence-electron chi connectivity index (χ3n) is 4.12. The van der Waals surface area contributed by atoms with Gasteiger partial charge in [0.25, 0.3) is 5.91 Å². The van der Waals surface area contributed by atoms with Crippen molar-refractivity contribution in [3.05, 3.63) is 70.5 Å². The number of benzene rings is 2. The van der Waals surface area contributed by atoms with Gasteiger partial charge >= 0.3 is 0 Å². The molecule has 0 bridgehead atoms. The molecule has 140 valence electrons. The quantitative estimate of drug-likeness (QED) is 0.432. The average molecular weight is 441 g/mol. The molecule has 0 atom stereocenters. The summed E-state index contributed by atoms with van der Waals surface area (Å²) in [5.74, 6) is -0.440. The van der Waals surface area contributed by atoms with E-state index in [2.05, 4.69) is 46.5 Å². The molecule has 0 spiro atoms. The maximum absolute atomic E-state index is 14.5. The van der Waals surface area contributed by atoms with Gasteiger partial charge in [-0.2, -0.15) is 0 Å². The van der Waals surface area contributed by atoms with Crippen molar-refractivity contribution in [3.63, 3.8) is 0 Å². The highest BCUT2D eigenvalue weighted by molar-refractivity contribution is 9.10. The fourth-order valence-electron chi connectivity index (χ4n) is 2.67. The molecule has 1 amide bonds. The third kappa shape index (κ3) is 3.56. The molecule has 0 radical (unpaired) electrons. The molecule has 7 nitrogen and oxygen atoms in total. The molecule has 0 aliphatic carbocycles. The molecule has 0 aliphatic rings. The van der Waals surface area contributed by atoms with Crippen molar-refractivity contribution < 1.29 is 9.18 Å². The number of aromatic nitrogens is 4. The lowest BCUT2D eigenvalue weighted by Gasteiger charge is -2.10. The first-order valence-electron chi connectivity index (χ1n) is 8.29. The number of anilines is 3. The van der Waals surface area contributed by atoms with Crippen LogP contribution in [-0.4, -0.2) is 25.8 Å². The number of imidazole rings is 1. The predicted octanol–water partition coefficient (Wildman–Crippen LogP) is 4.56. The normalized spacial score (nSPS) is 10.8. The van der Waals surface area contributed by atoms with Gasteiger partial charge in [-0.1, -0.05) is 15.9 Å². The predicted molar refractivity (Wildman–Crippen MR) is 108 cm³/mol. The van der Waals surface area contributed by atoms with Crippen molar-refractivity contribution >= 4 is 50.2 Å². The summed E-state index contributed by atoms with van der Waals surface area (Å²) in [5, 5.41) is 5.61. The number of carbonyl (C=O) groups excluding carboxylic acids is 1. The summed E-state index contributed by atoms with van der Waals surface area (Å²) in [7, 11) is 0. The Labute approximate surface area is 167 Å². The summed E-state index contributed by atoms with van der Waals surface area (Å²) in [6, 6.07) is 9.65. The SMILES string of the molecule is Cc1cc(C(=O)Nc2ccc(Nc3ncnc4nc[nH]c34)c(F)c2)ccc1Br. The lowest BCUT2D eigenvalue weighted by Crippen LogP contribution is -2.12. The van der Waals surface area contributed by atoms with E-state index in [0.29, 0.717) is 28.2 Å². The van der Waals surface area contributed by atoms with Crippen molar-refractivity contribution in [1.82, 2.24) is 19.9 Å². The highest BCUT2D eigenvalue weighted by Crippen LogP contribution is 2.25. The van der Waals surface area contributed by atoms with Crippen LogP contribution in [0, 0.1) is 12.7 Å². The van der Waals surface area contributed by atoms with Gasteiger partial charge in [0.05, 0.1) is 12.0 Å². The minimum atomic E-state index is -0.531. The van der Waals surface area contributed by atoms with Crippen molar-refractivity contribution in [1.29, 1.82) is 0 Å². The van der Waals surface area contributed by atoms with Crippen molar-refractivity contribution in [3.8, 4) is 0 Å². The Kier molecular flexibility index (Phi) is 4.74. The molecule has 2 aromatic carbocycles. The highest BCUT2D eigenvalue weighted by Gasteiger charge is 2.12. The van der Waals surface area contributed by atoms with Gasteiger partial charge < -0.3 is 15.6 Å². The Balaban J connectivity index is 1.53. The summed E-state index contributed by atoms with van der Waals surface area (Å²) >= 11 is 3.40. The van der Waals surface area contributed by atoms with Gasteiger partial charge in [0.2, 0.25) is 0 Å². The van der Waals surface area contributed by atoms with E-state index >= 15 is 0 Å². The van der Waals surface area contributed by atoms with Gasteiger partial charge in [-0.3, -0.25) is 4.79 Å². The van der Waals surface area contributed by atoms with E-state index in [-0.39, 0.29) is 11.6 Å². The second-order valence-electron chi connectivity index (χ2n) is 6.06. The first-order valence-corrected chi connectivity index (χ1v) is 9.09. The molecule has 2 aromatic heterocycles. The smallest absolute Gasteiger partial charge is 0.255 e. The number of halogens is 2. The second kappa shape index (κ2) is 7.35. The lowest BCUT2D eigenvalue weighted by atomic mass is 10.1. The first-order chi connectivity index (χ1) is 13.5. The molecule has 0 saturated heterocycles. The number of rotatable bonds is 4. The van der Waals surface area contributed by atoms with Crippen molar-refractivity contribution in [2.75, 3.05) is 10.6 Å². The summed E-state index contributed by atoms with van der Waals surface area (Å²) in [5.41, 5.74) is 3.05. The minimum absolute atomic E-state index is 0.215. The number of aromatic amines is 1. The number of aryl methyl sites for hydroxylation is 1. The fourth-order valence-corrected chi connectivity index (χ4v) is 2.92. The number of hydrogen-bond acceptors (Lipinski definition) is 5. The maximum atomic E-state index is 14.5. The van der Waals surface area contributed by atoms with Crippen molar-refractivity contribution in [2.24, 2.45) is 0 Å². The number of nitrogens with zero attached hydrogens (tertiary/aromatic N) is 3. The van der Waals surface area contributed by atoms with Gasteiger partial charge in [-0.15, -0.1) is 0 Å². The van der Waals surface area contributed by atoms with Gasteiger partial charge in [0.15, 0.2) is 11.5 Å². The average Bonchev–Trinajstić information content (AvgIpc) is 3.16.